The molecule has 1 aliphatic heterocycles. The Kier molecular flexibility index (Phi) is 4.82. The van der Waals surface area contributed by atoms with Gasteiger partial charge in [-0.15, -0.1) is 0 Å². The average molecular weight is 395 g/mol. The maximum Gasteiger partial charge on any atom is 0.132 e. The first-order valence-electron chi connectivity index (χ1n) is 12.5. The number of nitrogens with zero attached hydrogens (tertiary/aromatic N) is 3. The summed E-state index contributed by atoms with van der Waals surface area (Å²) in [5, 5.41) is 3.86. The van der Waals surface area contributed by atoms with Gasteiger partial charge in [0, 0.05) is 31.7 Å². The summed E-state index contributed by atoms with van der Waals surface area (Å²) in [6, 6.07) is 0. The zero-order chi connectivity index (χ0) is 19.3. The van der Waals surface area contributed by atoms with Gasteiger partial charge in [0.1, 0.15) is 12.1 Å². The number of fused-ring (bicyclic) bond motifs is 1. The van der Waals surface area contributed by atoms with E-state index in [-0.39, 0.29) is 0 Å². The van der Waals surface area contributed by atoms with Gasteiger partial charge in [0.15, 0.2) is 0 Å². The van der Waals surface area contributed by atoms with Crippen molar-refractivity contribution in [2.24, 2.45) is 29.1 Å². The Labute approximate surface area is 176 Å². The highest BCUT2D eigenvalue weighted by molar-refractivity contribution is 5.47. The summed E-state index contributed by atoms with van der Waals surface area (Å²) in [4.78, 5) is 12.1. The second kappa shape index (κ2) is 7.51. The second-order valence-electron chi connectivity index (χ2n) is 11.4. The van der Waals surface area contributed by atoms with Crippen LogP contribution in [0.25, 0.3) is 0 Å². The maximum atomic E-state index is 4.71. The Bertz CT molecular complexity index is 703. The van der Waals surface area contributed by atoms with Crippen molar-refractivity contribution in [3.8, 4) is 0 Å². The molecule has 0 spiro atoms. The quantitative estimate of drug-likeness (QED) is 0.759. The van der Waals surface area contributed by atoms with Gasteiger partial charge < -0.3 is 5.32 Å². The van der Waals surface area contributed by atoms with Crippen LogP contribution in [0.1, 0.15) is 81.9 Å². The van der Waals surface area contributed by atoms with Gasteiger partial charge in [-0.05, 0) is 86.9 Å². The fourth-order valence-electron chi connectivity index (χ4n) is 8.23. The van der Waals surface area contributed by atoms with Crippen LogP contribution < -0.4 is 5.32 Å². The molecule has 1 aromatic heterocycles. The van der Waals surface area contributed by atoms with E-state index >= 15 is 0 Å². The predicted octanol–water partition coefficient (Wildman–Crippen LogP) is 5.04. The summed E-state index contributed by atoms with van der Waals surface area (Å²) in [6.45, 7) is 4.63. The van der Waals surface area contributed by atoms with Gasteiger partial charge in [-0.1, -0.05) is 19.3 Å². The predicted molar refractivity (Wildman–Crippen MR) is 117 cm³/mol. The third kappa shape index (κ3) is 3.71. The fraction of sp³-hybridized carbons (Fsp3) is 0.840. The van der Waals surface area contributed by atoms with Crippen LogP contribution in [0.3, 0.4) is 0 Å². The minimum atomic E-state index is 0.564. The molecular formula is C25H38N4. The molecule has 0 saturated heterocycles. The summed E-state index contributed by atoms with van der Waals surface area (Å²) in [5.74, 6) is 5.14. The third-order valence-corrected chi connectivity index (χ3v) is 9.12. The topological polar surface area (TPSA) is 41.1 Å². The highest BCUT2D eigenvalue weighted by Gasteiger charge is 2.50. The van der Waals surface area contributed by atoms with E-state index in [1.54, 1.807) is 0 Å². The van der Waals surface area contributed by atoms with Crippen molar-refractivity contribution in [2.45, 2.75) is 83.6 Å². The van der Waals surface area contributed by atoms with E-state index in [4.69, 9.17) is 9.97 Å². The Balaban J connectivity index is 1.11. The molecule has 1 N–H and O–H groups in total. The number of aromatic nitrogens is 2. The van der Waals surface area contributed by atoms with Crippen LogP contribution in [0.2, 0.25) is 0 Å². The van der Waals surface area contributed by atoms with Crippen LogP contribution in [-0.4, -0.2) is 34.5 Å². The molecule has 29 heavy (non-hydrogen) atoms. The molecule has 4 nitrogen and oxygen atoms in total. The molecule has 1 aromatic rings. The minimum absolute atomic E-state index is 0.564. The van der Waals surface area contributed by atoms with E-state index in [2.05, 4.69) is 10.2 Å². The molecule has 2 heterocycles. The largest absolute Gasteiger partial charge is 0.369 e. The van der Waals surface area contributed by atoms with Crippen molar-refractivity contribution in [1.82, 2.24) is 14.9 Å². The maximum absolute atomic E-state index is 4.71. The zero-order valence-corrected chi connectivity index (χ0v) is 18.0. The van der Waals surface area contributed by atoms with E-state index in [0.717, 1.165) is 49.0 Å². The highest BCUT2D eigenvalue weighted by Crippen LogP contribution is 2.59. The Morgan fingerprint density at radius 2 is 1.69 bits per heavy atom. The van der Waals surface area contributed by atoms with Crippen molar-refractivity contribution in [3.63, 3.8) is 0 Å². The molecule has 5 saturated carbocycles. The summed E-state index contributed by atoms with van der Waals surface area (Å²) >= 11 is 0. The van der Waals surface area contributed by atoms with Gasteiger partial charge in [0.2, 0.25) is 0 Å². The molecule has 6 aliphatic rings. The number of anilines is 1. The lowest BCUT2D eigenvalue weighted by atomic mass is 9.49. The highest BCUT2D eigenvalue weighted by atomic mass is 15.1. The number of rotatable bonds is 5. The molecule has 4 heteroatoms. The summed E-state index contributed by atoms with van der Waals surface area (Å²) in [7, 11) is 0. The van der Waals surface area contributed by atoms with Gasteiger partial charge in [-0.3, -0.25) is 4.90 Å². The number of nitrogens with one attached hydrogen (secondary N) is 1. The average Bonchev–Trinajstić information content (AvgIpc) is 2.72. The number of hydrogen-bond acceptors (Lipinski definition) is 4. The van der Waals surface area contributed by atoms with Gasteiger partial charge >= 0.3 is 0 Å². The Morgan fingerprint density at radius 1 is 0.966 bits per heavy atom. The lowest BCUT2D eigenvalue weighted by Gasteiger charge is -2.57. The van der Waals surface area contributed by atoms with E-state index in [1.165, 1.54) is 95.0 Å². The fourth-order valence-corrected chi connectivity index (χ4v) is 8.23. The molecule has 7 rings (SSSR count). The van der Waals surface area contributed by atoms with Crippen LogP contribution in [0.5, 0.6) is 0 Å². The Morgan fingerprint density at radius 3 is 2.41 bits per heavy atom. The SMILES string of the molecule is c1nc2c(c(NCC34CC5CC(CC(C5)C3)C4)n1)CCN(CC1CCCCC1)C2. The molecule has 0 aromatic carbocycles. The zero-order valence-electron chi connectivity index (χ0n) is 18.0. The van der Waals surface area contributed by atoms with Gasteiger partial charge in [-0.25, -0.2) is 9.97 Å². The first kappa shape index (κ1) is 18.6. The third-order valence-electron chi connectivity index (χ3n) is 9.12. The molecule has 4 bridgehead atoms. The van der Waals surface area contributed by atoms with Crippen molar-refractivity contribution in [2.75, 3.05) is 25.0 Å². The molecule has 0 unspecified atom stereocenters. The van der Waals surface area contributed by atoms with E-state index in [0.29, 0.717) is 5.41 Å². The van der Waals surface area contributed by atoms with Gasteiger partial charge in [0.25, 0.3) is 0 Å². The standard InChI is InChI=1S/C25H38N4/c1-2-4-18(5-3-1)14-29-7-6-22-23(15-29)27-17-28-24(22)26-16-25-11-19-8-20(12-25)10-21(9-19)13-25/h17-21H,1-16H2,(H,26,27,28). The van der Waals surface area contributed by atoms with E-state index < -0.39 is 0 Å². The van der Waals surface area contributed by atoms with Crippen molar-refractivity contribution in [1.29, 1.82) is 0 Å². The van der Waals surface area contributed by atoms with Crippen LogP contribution in [0.15, 0.2) is 6.33 Å². The molecule has 5 aliphatic carbocycles. The summed E-state index contributed by atoms with van der Waals surface area (Å²) < 4.78 is 0. The lowest BCUT2D eigenvalue weighted by molar-refractivity contribution is -0.0444. The monoisotopic (exact) mass is 394 g/mol. The molecule has 158 valence electrons. The van der Waals surface area contributed by atoms with Crippen LogP contribution in [0, 0.1) is 29.1 Å². The second-order valence-corrected chi connectivity index (χ2v) is 11.4. The summed E-state index contributed by atoms with van der Waals surface area (Å²) in [5.41, 5.74) is 3.26. The molecule has 0 atom stereocenters. The normalized spacial score (nSPS) is 36.9. The first-order valence-corrected chi connectivity index (χ1v) is 12.5. The molecule has 0 radical (unpaired) electrons. The molecule has 0 amide bonds. The van der Waals surface area contributed by atoms with Crippen molar-refractivity contribution < 1.29 is 0 Å². The molecular weight excluding hydrogens is 356 g/mol. The van der Waals surface area contributed by atoms with Crippen molar-refractivity contribution >= 4 is 5.82 Å². The van der Waals surface area contributed by atoms with Crippen LogP contribution in [-0.2, 0) is 13.0 Å². The molecule has 5 fully saturated rings. The van der Waals surface area contributed by atoms with E-state index in [9.17, 15) is 0 Å². The summed E-state index contributed by atoms with van der Waals surface area (Å²) in [6.07, 6.45) is 19.1. The minimum Gasteiger partial charge on any atom is -0.369 e. The smallest absolute Gasteiger partial charge is 0.132 e. The van der Waals surface area contributed by atoms with Crippen molar-refractivity contribution in [3.05, 3.63) is 17.6 Å². The van der Waals surface area contributed by atoms with Crippen LogP contribution in [0.4, 0.5) is 5.82 Å². The Hall–Kier alpha value is -1.16. The van der Waals surface area contributed by atoms with E-state index in [1.807, 2.05) is 6.33 Å². The lowest BCUT2D eigenvalue weighted by Crippen LogP contribution is -2.49. The number of hydrogen-bond donors (Lipinski definition) is 1. The van der Waals surface area contributed by atoms with Gasteiger partial charge in [0.05, 0.1) is 5.69 Å². The first-order chi connectivity index (χ1) is 14.2. The van der Waals surface area contributed by atoms with Gasteiger partial charge in [-0.2, -0.15) is 0 Å². The van der Waals surface area contributed by atoms with Crippen LogP contribution >= 0.6 is 0 Å².